The van der Waals surface area contributed by atoms with Gasteiger partial charge in [0, 0.05) is 18.7 Å². The van der Waals surface area contributed by atoms with Gasteiger partial charge in [0.25, 0.3) is 0 Å². The van der Waals surface area contributed by atoms with Gasteiger partial charge in [-0.1, -0.05) is 27.2 Å². The van der Waals surface area contributed by atoms with Crippen molar-refractivity contribution in [2.24, 2.45) is 5.41 Å². The lowest BCUT2D eigenvalue weighted by Gasteiger charge is -2.29. The molecule has 0 radical (unpaired) electrons. The highest BCUT2D eigenvalue weighted by Gasteiger charge is 2.34. The summed E-state index contributed by atoms with van der Waals surface area (Å²) in [6.45, 7) is 6.82. The number of hydrogen-bond acceptors (Lipinski definition) is 4. The van der Waals surface area contributed by atoms with Gasteiger partial charge < -0.3 is 10.6 Å². The Morgan fingerprint density at radius 3 is 2.61 bits per heavy atom. The zero-order valence-electron chi connectivity index (χ0n) is 11.9. The largest absolute Gasteiger partial charge is 0.373 e. The topological polar surface area (TPSA) is 49.8 Å². The Kier molecular flexibility index (Phi) is 3.73. The number of nitrogens with one attached hydrogen (secondary N) is 2. The normalized spacial score (nSPS) is 21.9. The average Bonchev–Trinajstić information content (AvgIpc) is 2.68. The van der Waals surface area contributed by atoms with Crippen LogP contribution >= 0.6 is 0 Å². The summed E-state index contributed by atoms with van der Waals surface area (Å²) in [7, 11) is 1.91. The average molecular weight is 248 g/mol. The van der Waals surface area contributed by atoms with E-state index in [1.54, 1.807) is 6.33 Å². The Morgan fingerprint density at radius 2 is 2.06 bits per heavy atom. The molecule has 1 atom stereocenters. The summed E-state index contributed by atoms with van der Waals surface area (Å²) >= 11 is 0. The Labute approximate surface area is 110 Å². The van der Waals surface area contributed by atoms with Crippen LogP contribution in [0.25, 0.3) is 0 Å². The zero-order chi connectivity index (χ0) is 13.2. The van der Waals surface area contributed by atoms with Crippen LogP contribution in [0.2, 0.25) is 0 Å². The first-order valence-corrected chi connectivity index (χ1v) is 6.86. The van der Waals surface area contributed by atoms with Gasteiger partial charge in [-0.05, 0) is 24.7 Å². The van der Waals surface area contributed by atoms with Crippen molar-refractivity contribution in [1.29, 1.82) is 0 Å². The second-order valence-corrected chi connectivity index (χ2v) is 5.73. The third kappa shape index (κ3) is 2.42. The molecular formula is C14H24N4. The van der Waals surface area contributed by atoms with Crippen LogP contribution in [0.15, 0.2) is 6.33 Å². The molecule has 0 aliphatic heterocycles. The lowest BCUT2D eigenvalue weighted by atomic mass is 9.87. The zero-order valence-corrected chi connectivity index (χ0v) is 11.9. The van der Waals surface area contributed by atoms with Gasteiger partial charge in [0.15, 0.2) is 0 Å². The first-order valence-electron chi connectivity index (χ1n) is 6.86. The summed E-state index contributed by atoms with van der Waals surface area (Å²) in [5.74, 6) is 1.93. The van der Waals surface area contributed by atoms with E-state index in [1.165, 1.54) is 24.8 Å². The lowest BCUT2D eigenvalue weighted by molar-refractivity contribution is 0.349. The van der Waals surface area contributed by atoms with E-state index in [4.69, 9.17) is 0 Å². The summed E-state index contributed by atoms with van der Waals surface area (Å²) in [4.78, 5) is 8.70. The third-order valence-electron chi connectivity index (χ3n) is 4.10. The van der Waals surface area contributed by atoms with Crippen LogP contribution in [0.1, 0.15) is 45.6 Å². The van der Waals surface area contributed by atoms with Gasteiger partial charge in [0.05, 0.1) is 0 Å². The minimum atomic E-state index is 0.357. The van der Waals surface area contributed by atoms with E-state index in [9.17, 15) is 0 Å². The van der Waals surface area contributed by atoms with Gasteiger partial charge in [0.1, 0.15) is 18.0 Å². The maximum absolute atomic E-state index is 4.42. The van der Waals surface area contributed by atoms with Gasteiger partial charge in [-0.25, -0.2) is 9.97 Å². The van der Waals surface area contributed by atoms with Crippen molar-refractivity contribution < 1.29 is 0 Å². The molecule has 1 aromatic rings. The molecule has 1 aromatic heterocycles. The molecule has 2 N–H and O–H groups in total. The fourth-order valence-corrected chi connectivity index (χ4v) is 2.85. The molecule has 0 bridgehead atoms. The molecule has 0 amide bonds. The van der Waals surface area contributed by atoms with E-state index < -0.39 is 0 Å². The van der Waals surface area contributed by atoms with Crippen LogP contribution in [0.5, 0.6) is 0 Å². The van der Waals surface area contributed by atoms with Crippen LogP contribution in [0, 0.1) is 5.41 Å². The summed E-state index contributed by atoms with van der Waals surface area (Å²) in [6.07, 6.45) is 6.39. The molecule has 1 saturated carbocycles. The molecule has 4 nitrogen and oxygen atoms in total. The highest BCUT2D eigenvalue weighted by atomic mass is 15.1. The van der Waals surface area contributed by atoms with Crippen molar-refractivity contribution in [3.8, 4) is 0 Å². The van der Waals surface area contributed by atoms with E-state index in [2.05, 4.69) is 41.4 Å². The Morgan fingerprint density at radius 1 is 1.33 bits per heavy atom. The fraction of sp³-hybridized carbons (Fsp3) is 0.714. The van der Waals surface area contributed by atoms with Crippen LogP contribution < -0.4 is 10.6 Å². The van der Waals surface area contributed by atoms with Crippen molar-refractivity contribution in [1.82, 2.24) is 9.97 Å². The third-order valence-corrected chi connectivity index (χ3v) is 4.10. The van der Waals surface area contributed by atoms with E-state index in [1.807, 2.05) is 7.05 Å². The van der Waals surface area contributed by atoms with Crippen LogP contribution in [-0.4, -0.2) is 23.1 Å². The minimum Gasteiger partial charge on any atom is -0.373 e. The van der Waals surface area contributed by atoms with E-state index in [0.717, 1.165) is 18.1 Å². The second kappa shape index (κ2) is 5.12. The highest BCUT2D eigenvalue weighted by Crippen LogP contribution is 2.39. The van der Waals surface area contributed by atoms with Gasteiger partial charge in [-0.3, -0.25) is 0 Å². The summed E-state index contributed by atoms with van der Waals surface area (Å²) in [5, 5.41) is 6.78. The predicted molar refractivity (Wildman–Crippen MR) is 76.0 cm³/mol. The van der Waals surface area contributed by atoms with Gasteiger partial charge in [0.2, 0.25) is 0 Å². The molecule has 0 saturated heterocycles. The molecule has 1 unspecified atom stereocenters. The number of rotatable bonds is 4. The molecule has 2 rings (SSSR count). The number of anilines is 2. The SMILES string of the molecule is CCc1c(NC)ncnc1NC1CCCC1(C)C. The van der Waals surface area contributed by atoms with Crippen LogP contribution in [-0.2, 0) is 6.42 Å². The van der Waals surface area contributed by atoms with E-state index in [-0.39, 0.29) is 0 Å². The Bertz CT molecular complexity index is 414. The minimum absolute atomic E-state index is 0.357. The van der Waals surface area contributed by atoms with Crippen molar-refractivity contribution >= 4 is 11.6 Å². The maximum atomic E-state index is 4.42. The monoisotopic (exact) mass is 248 g/mol. The molecule has 1 aliphatic carbocycles. The quantitative estimate of drug-likeness (QED) is 0.859. The van der Waals surface area contributed by atoms with Gasteiger partial charge >= 0.3 is 0 Å². The van der Waals surface area contributed by atoms with Crippen LogP contribution in [0.3, 0.4) is 0 Å². The van der Waals surface area contributed by atoms with Gasteiger partial charge in [-0.15, -0.1) is 0 Å². The molecule has 1 fully saturated rings. The molecule has 0 spiro atoms. The lowest BCUT2D eigenvalue weighted by Crippen LogP contribution is -2.31. The number of hydrogen-bond donors (Lipinski definition) is 2. The number of aromatic nitrogens is 2. The smallest absolute Gasteiger partial charge is 0.134 e. The first kappa shape index (κ1) is 13.1. The Balaban J connectivity index is 2.23. The van der Waals surface area contributed by atoms with Crippen LogP contribution in [0.4, 0.5) is 11.6 Å². The standard InChI is InChI=1S/C14H24N4/c1-5-10-12(15-4)16-9-17-13(10)18-11-7-6-8-14(11,2)3/h9,11H,5-8H2,1-4H3,(H2,15,16,17,18). The molecule has 1 aliphatic rings. The highest BCUT2D eigenvalue weighted by molar-refractivity contribution is 5.57. The van der Waals surface area contributed by atoms with Gasteiger partial charge in [-0.2, -0.15) is 0 Å². The van der Waals surface area contributed by atoms with Crippen molar-refractivity contribution in [2.75, 3.05) is 17.7 Å². The molecule has 100 valence electrons. The summed E-state index contributed by atoms with van der Waals surface area (Å²) in [6, 6.07) is 0.516. The summed E-state index contributed by atoms with van der Waals surface area (Å²) in [5.41, 5.74) is 1.54. The Hall–Kier alpha value is -1.32. The van der Waals surface area contributed by atoms with E-state index in [0.29, 0.717) is 11.5 Å². The van der Waals surface area contributed by atoms with Crippen molar-refractivity contribution in [3.05, 3.63) is 11.9 Å². The molecular weight excluding hydrogens is 224 g/mol. The molecule has 0 aromatic carbocycles. The predicted octanol–water partition coefficient (Wildman–Crippen LogP) is 3.07. The molecule has 1 heterocycles. The second-order valence-electron chi connectivity index (χ2n) is 5.73. The van der Waals surface area contributed by atoms with Crippen molar-refractivity contribution in [2.45, 2.75) is 52.5 Å². The fourth-order valence-electron chi connectivity index (χ4n) is 2.85. The van der Waals surface area contributed by atoms with E-state index >= 15 is 0 Å². The maximum Gasteiger partial charge on any atom is 0.134 e. The molecule has 18 heavy (non-hydrogen) atoms. The summed E-state index contributed by atoms with van der Waals surface area (Å²) < 4.78 is 0. The van der Waals surface area contributed by atoms with Crippen molar-refractivity contribution in [3.63, 3.8) is 0 Å². The first-order chi connectivity index (χ1) is 8.58. The molecule has 4 heteroatoms. The number of nitrogens with zero attached hydrogens (tertiary/aromatic N) is 2.